The van der Waals surface area contributed by atoms with Crippen molar-refractivity contribution < 1.29 is 9.53 Å². The molecule has 0 radical (unpaired) electrons. The minimum atomic E-state index is 0.0170. The van der Waals surface area contributed by atoms with Crippen LogP contribution in [0.15, 0.2) is 60.2 Å². The first-order valence-electron chi connectivity index (χ1n) is 8.98. The second-order valence-corrected chi connectivity index (χ2v) is 8.17. The number of para-hydroxylation sites is 1. The number of pyridine rings is 1. The lowest BCUT2D eigenvalue weighted by molar-refractivity contribution is -0.118. The molecule has 1 aromatic carbocycles. The van der Waals surface area contributed by atoms with Gasteiger partial charge in [0, 0.05) is 17.3 Å². The van der Waals surface area contributed by atoms with E-state index in [4.69, 9.17) is 9.72 Å². The van der Waals surface area contributed by atoms with Crippen LogP contribution in [-0.2, 0) is 17.8 Å². The molecule has 5 nitrogen and oxygen atoms in total. The predicted octanol–water partition coefficient (Wildman–Crippen LogP) is 4.93. The molecule has 0 saturated carbocycles. The van der Waals surface area contributed by atoms with E-state index >= 15 is 0 Å². The van der Waals surface area contributed by atoms with Crippen LogP contribution in [0.1, 0.15) is 17.4 Å². The van der Waals surface area contributed by atoms with E-state index in [-0.39, 0.29) is 5.91 Å². The van der Waals surface area contributed by atoms with E-state index in [1.807, 2.05) is 54.8 Å². The second kappa shape index (κ2) is 8.50. The summed E-state index contributed by atoms with van der Waals surface area (Å²) < 4.78 is 6.71. The Morgan fingerprint density at radius 2 is 2.11 bits per heavy atom. The third-order valence-electron chi connectivity index (χ3n) is 4.17. The van der Waals surface area contributed by atoms with Crippen molar-refractivity contribution in [1.29, 1.82) is 0 Å². The monoisotopic (exact) mass is 409 g/mol. The molecule has 0 aliphatic carbocycles. The average molecular weight is 410 g/mol. The molecule has 0 bridgehead atoms. The zero-order valence-corrected chi connectivity index (χ0v) is 17.0. The molecule has 0 atom stereocenters. The molecule has 3 aromatic heterocycles. The molecule has 4 aromatic rings. The van der Waals surface area contributed by atoms with Crippen molar-refractivity contribution >= 4 is 43.9 Å². The van der Waals surface area contributed by atoms with Gasteiger partial charge in [-0.15, -0.1) is 11.3 Å². The Hall–Kier alpha value is -2.77. The van der Waals surface area contributed by atoms with E-state index in [1.165, 1.54) is 11.3 Å². The molecule has 7 heteroatoms. The average Bonchev–Trinajstić information content (AvgIpc) is 3.37. The van der Waals surface area contributed by atoms with Crippen LogP contribution in [0.2, 0.25) is 0 Å². The highest BCUT2D eigenvalue weighted by atomic mass is 32.1. The van der Waals surface area contributed by atoms with E-state index < -0.39 is 0 Å². The number of aromatic nitrogens is 2. The van der Waals surface area contributed by atoms with Crippen LogP contribution in [0.3, 0.4) is 0 Å². The molecule has 0 aliphatic heterocycles. The summed E-state index contributed by atoms with van der Waals surface area (Å²) in [6, 6.07) is 13.7. The van der Waals surface area contributed by atoms with Gasteiger partial charge in [0.05, 0.1) is 24.3 Å². The Kier molecular flexibility index (Phi) is 5.64. The zero-order chi connectivity index (χ0) is 19.3. The van der Waals surface area contributed by atoms with Crippen molar-refractivity contribution in [2.75, 3.05) is 11.5 Å². The number of hydrogen-bond acceptors (Lipinski definition) is 6. The number of anilines is 1. The highest BCUT2D eigenvalue weighted by molar-refractivity contribution is 7.22. The number of fused-ring (bicyclic) bond motifs is 1. The van der Waals surface area contributed by atoms with Crippen LogP contribution >= 0.6 is 22.7 Å². The second-order valence-electron chi connectivity index (χ2n) is 6.13. The molecule has 0 unspecified atom stereocenters. The number of benzene rings is 1. The van der Waals surface area contributed by atoms with Crippen LogP contribution in [0.4, 0.5) is 5.13 Å². The lowest BCUT2D eigenvalue weighted by Gasteiger charge is -2.19. The third-order valence-corrected chi connectivity index (χ3v) is 6.09. The summed E-state index contributed by atoms with van der Waals surface area (Å²) in [7, 11) is 0. The Morgan fingerprint density at radius 1 is 1.18 bits per heavy atom. The van der Waals surface area contributed by atoms with Crippen LogP contribution in [-0.4, -0.2) is 22.5 Å². The number of thiophene rings is 1. The smallest absolute Gasteiger partial charge is 0.234 e. The number of hydrogen-bond donors (Lipinski definition) is 0. The molecule has 3 heterocycles. The minimum Gasteiger partial charge on any atom is -0.492 e. The first-order valence-corrected chi connectivity index (χ1v) is 10.7. The number of carbonyl (C=O) groups is 1. The standard InChI is InChI=1S/C21H19N3O2S2/c1-2-26-17-8-3-9-18-20(17)23-21(28-18)24(14-15-6-4-10-22-13-15)19(25)12-16-7-5-11-27-16/h3-11,13H,2,12,14H2,1H3. The van der Waals surface area contributed by atoms with Crippen molar-refractivity contribution in [1.82, 2.24) is 9.97 Å². The van der Waals surface area contributed by atoms with E-state index in [9.17, 15) is 4.79 Å². The summed E-state index contributed by atoms with van der Waals surface area (Å²) in [5.74, 6) is 0.762. The Balaban J connectivity index is 1.70. The summed E-state index contributed by atoms with van der Waals surface area (Å²) in [5, 5.41) is 2.66. The van der Waals surface area contributed by atoms with E-state index in [2.05, 4.69) is 4.98 Å². The molecular formula is C21H19N3O2S2. The Labute approximate surface area is 171 Å². The molecule has 0 saturated heterocycles. The Bertz CT molecular complexity index is 1060. The number of rotatable bonds is 7. The fourth-order valence-corrected chi connectivity index (χ4v) is 4.59. The Morgan fingerprint density at radius 3 is 2.86 bits per heavy atom. The predicted molar refractivity (Wildman–Crippen MR) is 114 cm³/mol. The molecule has 28 heavy (non-hydrogen) atoms. The summed E-state index contributed by atoms with van der Waals surface area (Å²) in [6.45, 7) is 2.95. The summed E-state index contributed by atoms with van der Waals surface area (Å²) in [6.07, 6.45) is 3.86. The normalized spacial score (nSPS) is 10.9. The number of ether oxygens (including phenoxy) is 1. The maximum absolute atomic E-state index is 13.2. The van der Waals surface area contributed by atoms with Crippen LogP contribution in [0.5, 0.6) is 5.75 Å². The molecule has 0 aliphatic rings. The molecule has 142 valence electrons. The van der Waals surface area contributed by atoms with E-state index in [0.29, 0.717) is 24.7 Å². The van der Waals surface area contributed by atoms with Gasteiger partial charge in [-0.2, -0.15) is 0 Å². The van der Waals surface area contributed by atoms with E-state index in [1.54, 1.807) is 28.6 Å². The highest BCUT2D eigenvalue weighted by Gasteiger charge is 2.22. The topological polar surface area (TPSA) is 55.3 Å². The maximum atomic E-state index is 13.2. The van der Waals surface area contributed by atoms with Crippen LogP contribution < -0.4 is 9.64 Å². The number of amides is 1. The van der Waals surface area contributed by atoms with Gasteiger partial charge in [0.1, 0.15) is 11.3 Å². The van der Waals surface area contributed by atoms with Crippen LogP contribution in [0.25, 0.3) is 10.2 Å². The van der Waals surface area contributed by atoms with Gasteiger partial charge in [0.15, 0.2) is 5.13 Å². The van der Waals surface area contributed by atoms with Gasteiger partial charge in [0.2, 0.25) is 5.91 Å². The van der Waals surface area contributed by atoms with Crippen molar-refractivity contribution in [3.05, 3.63) is 70.7 Å². The number of nitrogens with zero attached hydrogens (tertiary/aromatic N) is 3. The zero-order valence-electron chi connectivity index (χ0n) is 15.4. The SMILES string of the molecule is CCOc1cccc2sc(N(Cc3cccnc3)C(=O)Cc3cccs3)nc12. The van der Waals surface area contributed by atoms with Gasteiger partial charge >= 0.3 is 0 Å². The fourth-order valence-electron chi connectivity index (χ4n) is 2.89. The van der Waals surface area contributed by atoms with Gasteiger partial charge in [-0.05, 0) is 42.1 Å². The van der Waals surface area contributed by atoms with E-state index in [0.717, 1.165) is 26.4 Å². The summed E-state index contributed by atoms with van der Waals surface area (Å²) in [5.41, 5.74) is 1.76. The fraction of sp³-hybridized carbons (Fsp3) is 0.190. The lowest BCUT2D eigenvalue weighted by atomic mass is 10.2. The quantitative estimate of drug-likeness (QED) is 0.434. The number of thiazole rings is 1. The summed E-state index contributed by atoms with van der Waals surface area (Å²) in [4.78, 5) is 24.9. The van der Waals surface area contributed by atoms with Crippen molar-refractivity contribution in [3.8, 4) is 5.75 Å². The first-order chi connectivity index (χ1) is 13.7. The largest absolute Gasteiger partial charge is 0.492 e. The molecule has 0 spiro atoms. The lowest BCUT2D eigenvalue weighted by Crippen LogP contribution is -2.31. The van der Waals surface area contributed by atoms with Gasteiger partial charge in [0.25, 0.3) is 0 Å². The highest BCUT2D eigenvalue weighted by Crippen LogP contribution is 2.35. The summed E-state index contributed by atoms with van der Waals surface area (Å²) >= 11 is 3.09. The molecule has 0 fully saturated rings. The van der Waals surface area contributed by atoms with Gasteiger partial charge in [-0.3, -0.25) is 14.7 Å². The first kappa shape index (κ1) is 18.6. The van der Waals surface area contributed by atoms with Gasteiger partial charge in [-0.25, -0.2) is 4.98 Å². The molecule has 1 amide bonds. The van der Waals surface area contributed by atoms with Crippen molar-refractivity contribution in [3.63, 3.8) is 0 Å². The molecular weight excluding hydrogens is 390 g/mol. The van der Waals surface area contributed by atoms with Crippen LogP contribution in [0, 0.1) is 0 Å². The maximum Gasteiger partial charge on any atom is 0.234 e. The third kappa shape index (κ3) is 4.05. The van der Waals surface area contributed by atoms with Crippen molar-refractivity contribution in [2.24, 2.45) is 0 Å². The van der Waals surface area contributed by atoms with Crippen molar-refractivity contribution in [2.45, 2.75) is 19.9 Å². The van der Waals surface area contributed by atoms with Gasteiger partial charge in [-0.1, -0.05) is 29.5 Å². The molecule has 0 N–H and O–H groups in total. The number of carbonyl (C=O) groups excluding carboxylic acids is 1. The minimum absolute atomic E-state index is 0.0170. The molecule has 4 rings (SSSR count). The van der Waals surface area contributed by atoms with Gasteiger partial charge < -0.3 is 4.74 Å².